The minimum Gasteiger partial charge on any atom is -0.469 e. The van der Waals surface area contributed by atoms with E-state index in [9.17, 15) is 4.79 Å². The predicted molar refractivity (Wildman–Crippen MR) is 96.6 cm³/mol. The average Bonchev–Trinajstić information content (AvgIpc) is 3.29. The summed E-state index contributed by atoms with van der Waals surface area (Å²) in [5.41, 5.74) is 0.996. The van der Waals surface area contributed by atoms with Crippen molar-refractivity contribution in [3.63, 3.8) is 0 Å². The molecule has 0 spiro atoms. The van der Waals surface area contributed by atoms with E-state index < -0.39 is 0 Å². The van der Waals surface area contributed by atoms with Crippen molar-refractivity contribution in [3.05, 3.63) is 81.4 Å². The highest BCUT2D eigenvalue weighted by Crippen LogP contribution is 2.28. The van der Waals surface area contributed by atoms with Gasteiger partial charge >= 0.3 is 6.03 Å². The molecule has 0 radical (unpaired) electrons. The van der Waals surface area contributed by atoms with Gasteiger partial charge in [0.1, 0.15) is 5.76 Å². The Morgan fingerprint density at radius 2 is 1.96 bits per heavy atom. The van der Waals surface area contributed by atoms with Crippen molar-refractivity contribution in [2.75, 3.05) is 6.54 Å². The third kappa shape index (κ3) is 4.40. The van der Waals surface area contributed by atoms with Crippen LogP contribution in [0.2, 0.25) is 5.02 Å². The fourth-order valence-electron chi connectivity index (χ4n) is 2.36. The fourth-order valence-corrected chi connectivity index (χ4v) is 3.32. The molecule has 2 heterocycles. The number of benzene rings is 1. The number of hydrogen-bond acceptors (Lipinski definition) is 3. The van der Waals surface area contributed by atoms with Crippen molar-refractivity contribution < 1.29 is 9.21 Å². The first kappa shape index (κ1) is 16.6. The first-order valence-corrected chi connectivity index (χ1v) is 8.81. The van der Waals surface area contributed by atoms with E-state index >= 15 is 0 Å². The summed E-state index contributed by atoms with van der Waals surface area (Å²) in [6, 6.07) is 15.0. The van der Waals surface area contributed by atoms with Gasteiger partial charge in [-0.25, -0.2) is 4.79 Å². The Bertz CT molecular complexity index is 721. The Hall–Kier alpha value is -2.24. The van der Waals surface area contributed by atoms with Gasteiger partial charge in [-0.05, 0) is 41.3 Å². The van der Waals surface area contributed by atoms with Crippen LogP contribution < -0.4 is 10.6 Å². The van der Waals surface area contributed by atoms with E-state index in [1.807, 2.05) is 41.8 Å². The van der Waals surface area contributed by atoms with E-state index in [2.05, 4.69) is 10.6 Å². The van der Waals surface area contributed by atoms with Crippen LogP contribution in [0.1, 0.15) is 22.1 Å². The highest BCUT2D eigenvalue weighted by atomic mass is 35.5. The molecule has 4 nitrogen and oxygen atoms in total. The molecular formula is C18H17ClN2O2S. The summed E-state index contributed by atoms with van der Waals surface area (Å²) >= 11 is 7.50. The van der Waals surface area contributed by atoms with E-state index in [0.717, 1.165) is 16.2 Å². The van der Waals surface area contributed by atoms with E-state index in [1.54, 1.807) is 29.7 Å². The Kier molecular flexibility index (Phi) is 5.56. The zero-order valence-corrected chi connectivity index (χ0v) is 14.4. The maximum atomic E-state index is 12.1. The molecular weight excluding hydrogens is 344 g/mol. The van der Waals surface area contributed by atoms with Crippen molar-refractivity contribution in [2.45, 2.75) is 12.5 Å². The van der Waals surface area contributed by atoms with Gasteiger partial charge in [0.05, 0.1) is 12.2 Å². The number of carbonyl (C=O) groups excluding carboxylic acids is 1. The molecule has 2 N–H and O–H groups in total. The highest BCUT2D eigenvalue weighted by Gasteiger charge is 2.18. The van der Waals surface area contributed by atoms with Gasteiger partial charge < -0.3 is 15.1 Å². The number of nitrogens with one attached hydrogen (secondary N) is 2. The van der Waals surface area contributed by atoms with Gasteiger partial charge in [0.2, 0.25) is 0 Å². The van der Waals surface area contributed by atoms with Crippen molar-refractivity contribution >= 4 is 29.0 Å². The first-order valence-electron chi connectivity index (χ1n) is 7.55. The summed E-state index contributed by atoms with van der Waals surface area (Å²) in [7, 11) is 0. The van der Waals surface area contributed by atoms with Gasteiger partial charge in [0.15, 0.2) is 0 Å². The van der Waals surface area contributed by atoms with Crippen LogP contribution in [0.4, 0.5) is 4.79 Å². The van der Waals surface area contributed by atoms with Gasteiger partial charge in [-0.3, -0.25) is 0 Å². The lowest BCUT2D eigenvalue weighted by Gasteiger charge is -2.14. The second-order valence-electron chi connectivity index (χ2n) is 5.27. The SMILES string of the molecule is O=C(NCc1ccc(Cl)cc1)NC[C@@H](c1ccco1)c1cccs1. The fraction of sp³-hybridized carbons (Fsp3) is 0.167. The van der Waals surface area contributed by atoms with Crippen LogP contribution >= 0.6 is 22.9 Å². The summed E-state index contributed by atoms with van der Waals surface area (Å²) in [4.78, 5) is 13.2. The van der Waals surface area contributed by atoms with Gasteiger partial charge in [0, 0.05) is 23.0 Å². The standard InChI is InChI=1S/C18H17ClN2O2S/c19-14-7-5-13(6-8-14)11-20-18(22)21-12-15(16-3-1-9-23-16)17-4-2-10-24-17/h1-10,15H,11-12H2,(H2,20,21,22)/t15-/m0/s1. The molecule has 0 saturated carbocycles. The van der Waals surface area contributed by atoms with Crippen LogP contribution in [0.3, 0.4) is 0 Å². The van der Waals surface area contributed by atoms with Gasteiger partial charge in [0.25, 0.3) is 0 Å². The molecule has 0 unspecified atom stereocenters. The second-order valence-corrected chi connectivity index (χ2v) is 6.69. The number of urea groups is 1. The minimum atomic E-state index is -0.210. The number of carbonyl (C=O) groups is 1. The summed E-state index contributed by atoms with van der Waals surface area (Å²) in [6.07, 6.45) is 1.65. The lowest BCUT2D eigenvalue weighted by molar-refractivity contribution is 0.240. The average molecular weight is 361 g/mol. The smallest absolute Gasteiger partial charge is 0.315 e. The number of halogens is 1. The van der Waals surface area contributed by atoms with E-state index in [4.69, 9.17) is 16.0 Å². The number of furan rings is 1. The molecule has 0 fully saturated rings. The van der Waals surface area contributed by atoms with Crippen LogP contribution in [-0.2, 0) is 6.54 Å². The van der Waals surface area contributed by atoms with E-state index in [1.165, 1.54) is 0 Å². The summed E-state index contributed by atoms with van der Waals surface area (Å²) in [5, 5.41) is 8.46. The quantitative estimate of drug-likeness (QED) is 0.673. The normalized spacial score (nSPS) is 11.9. The monoisotopic (exact) mass is 360 g/mol. The van der Waals surface area contributed by atoms with Crippen LogP contribution in [0.25, 0.3) is 0 Å². The topological polar surface area (TPSA) is 54.3 Å². The largest absolute Gasteiger partial charge is 0.469 e. The molecule has 0 aliphatic rings. The summed E-state index contributed by atoms with van der Waals surface area (Å²) in [6.45, 7) is 0.925. The molecule has 0 aliphatic carbocycles. The number of amides is 2. The maximum Gasteiger partial charge on any atom is 0.315 e. The van der Waals surface area contributed by atoms with Crippen molar-refractivity contribution in [1.29, 1.82) is 0 Å². The molecule has 124 valence electrons. The Balaban J connectivity index is 1.54. The lowest BCUT2D eigenvalue weighted by Crippen LogP contribution is -2.37. The van der Waals surface area contributed by atoms with Crippen LogP contribution in [-0.4, -0.2) is 12.6 Å². The van der Waals surface area contributed by atoms with Crippen LogP contribution in [0.15, 0.2) is 64.6 Å². The van der Waals surface area contributed by atoms with Crippen molar-refractivity contribution in [1.82, 2.24) is 10.6 Å². The molecule has 0 saturated heterocycles. The highest BCUT2D eigenvalue weighted by molar-refractivity contribution is 7.10. The molecule has 6 heteroatoms. The number of rotatable bonds is 6. The van der Waals surface area contributed by atoms with Crippen LogP contribution in [0.5, 0.6) is 0 Å². The lowest BCUT2D eigenvalue weighted by atomic mass is 10.1. The van der Waals surface area contributed by atoms with Gasteiger partial charge in [-0.15, -0.1) is 11.3 Å². The third-order valence-electron chi connectivity index (χ3n) is 3.61. The zero-order chi connectivity index (χ0) is 16.8. The Morgan fingerprint density at radius 1 is 1.12 bits per heavy atom. The molecule has 0 bridgehead atoms. The number of thiophene rings is 1. The Labute approximate surface area is 149 Å². The molecule has 3 rings (SSSR count). The van der Waals surface area contributed by atoms with Crippen LogP contribution in [0, 0.1) is 0 Å². The summed E-state index contributed by atoms with van der Waals surface area (Å²) in [5.74, 6) is 0.858. The molecule has 24 heavy (non-hydrogen) atoms. The minimum absolute atomic E-state index is 0.0151. The molecule has 3 aromatic rings. The molecule has 1 aromatic carbocycles. The number of hydrogen-bond donors (Lipinski definition) is 2. The molecule has 2 amide bonds. The molecule has 2 aromatic heterocycles. The third-order valence-corrected chi connectivity index (χ3v) is 4.84. The van der Waals surface area contributed by atoms with Gasteiger partial charge in [-0.1, -0.05) is 29.8 Å². The Morgan fingerprint density at radius 3 is 2.62 bits per heavy atom. The second kappa shape index (κ2) is 8.04. The molecule has 1 atom stereocenters. The van der Waals surface area contributed by atoms with E-state index in [-0.39, 0.29) is 11.9 Å². The van der Waals surface area contributed by atoms with Gasteiger partial charge in [-0.2, -0.15) is 0 Å². The zero-order valence-electron chi connectivity index (χ0n) is 12.9. The van der Waals surface area contributed by atoms with E-state index in [0.29, 0.717) is 18.1 Å². The first-order chi connectivity index (χ1) is 11.7. The van der Waals surface area contributed by atoms with Crippen molar-refractivity contribution in [3.8, 4) is 0 Å². The summed E-state index contributed by atoms with van der Waals surface area (Å²) < 4.78 is 5.51. The maximum absolute atomic E-state index is 12.1. The molecule has 0 aliphatic heterocycles. The van der Waals surface area contributed by atoms with Crippen molar-refractivity contribution in [2.24, 2.45) is 0 Å². The predicted octanol–water partition coefficient (Wildman–Crippen LogP) is 4.63.